The number of morpholine rings is 1. The smallest absolute Gasteiger partial charge is 0.420 e. The summed E-state index contributed by atoms with van der Waals surface area (Å²) in [7, 11) is 1.38. The minimum Gasteiger partial charge on any atom is -0.452 e. The molecule has 0 spiro atoms. The number of imidazole rings is 1. The van der Waals surface area contributed by atoms with Crippen LogP contribution in [-0.2, 0) is 15.2 Å². The third-order valence-electron chi connectivity index (χ3n) is 5.25. The zero-order chi connectivity index (χ0) is 21.6. The number of rotatable bonds is 7. The Balaban J connectivity index is 1.44. The van der Waals surface area contributed by atoms with E-state index >= 15 is 0 Å². The largest absolute Gasteiger partial charge is 0.452 e. The normalized spacial score (nSPS) is 14.8. The second-order valence-corrected chi connectivity index (χ2v) is 9.24. The summed E-state index contributed by atoms with van der Waals surface area (Å²) in [5.41, 5.74) is 3.70. The van der Waals surface area contributed by atoms with E-state index < -0.39 is 6.09 Å². The molecule has 1 aliphatic rings. The summed E-state index contributed by atoms with van der Waals surface area (Å²) < 4.78 is 11.9. The van der Waals surface area contributed by atoms with Crippen LogP contribution in [0.25, 0.3) is 11.0 Å². The van der Waals surface area contributed by atoms with E-state index in [0.717, 1.165) is 55.3 Å². The Morgan fingerprint density at radius 2 is 2.00 bits per heavy atom. The SMILES string of the molecule is COC(=O)n1c(SCc2nccc(SCCN3CCOCC3)c2C)nc2ccccc21. The maximum absolute atomic E-state index is 12.3. The number of hydrogen-bond acceptors (Lipinski definition) is 8. The molecule has 7 nitrogen and oxygen atoms in total. The molecule has 164 valence electrons. The molecule has 2 aromatic heterocycles. The first-order valence-electron chi connectivity index (χ1n) is 10.2. The standard InChI is InChI=1S/C22H26N4O3S2/c1-16-18(23-8-7-20(16)30-14-11-25-9-12-29-13-10-25)15-31-21-24-17-5-3-4-6-19(17)26(21)22(27)28-2/h3-8H,9-15H2,1-2H3. The number of thioether (sulfide) groups is 2. The topological polar surface area (TPSA) is 69.5 Å². The quantitative estimate of drug-likeness (QED) is 0.491. The van der Waals surface area contributed by atoms with E-state index in [2.05, 4.69) is 27.9 Å². The molecular formula is C22H26N4O3S2. The van der Waals surface area contributed by atoms with Crippen molar-refractivity contribution in [2.45, 2.75) is 22.7 Å². The van der Waals surface area contributed by atoms with Gasteiger partial charge in [0.25, 0.3) is 0 Å². The highest BCUT2D eigenvalue weighted by atomic mass is 32.2. The summed E-state index contributed by atoms with van der Waals surface area (Å²) in [6, 6.07) is 9.65. The second kappa shape index (κ2) is 10.5. The number of methoxy groups -OCH3 is 1. The second-order valence-electron chi connectivity index (χ2n) is 7.16. The van der Waals surface area contributed by atoms with Crippen molar-refractivity contribution >= 4 is 40.7 Å². The Morgan fingerprint density at radius 3 is 2.81 bits per heavy atom. The van der Waals surface area contributed by atoms with Gasteiger partial charge in [0.05, 0.1) is 37.1 Å². The van der Waals surface area contributed by atoms with E-state index in [0.29, 0.717) is 10.9 Å². The number of carbonyl (C=O) groups excluding carboxylic acids is 1. The zero-order valence-corrected chi connectivity index (χ0v) is 19.4. The van der Waals surface area contributed by atoms with Crippen LogP contribution in [0, 0.1) is 6.92 Å². The van der Waals surface area contributed by atoms with E-state index in [1.807, 2.05) is 42.2 Å². The molecule has 0 aliphatic carbocycles. The Hall–Kier alpha value is -2.07. The van der Waals surface area contributed by atoms with Gasteiger partial charge in [-0.15, -0.1) is 11.8 Å². The molecule has 0 amide bonds. The number of aromatic nitrogens is 3. The number of nitrogens with zero attached hydrogens (tertiary/aromatic N) is 4. The Kier molecular flexibility index (Phi) is 7.49. The Morgan fingerprint density at radius 1 is 1.19 bits per heavy atom. The van der Waals surface area contributed by atoms with E-state index in [9.17, 15) is 4.79 Å². The zero-order valence-electron chi connectivity index (χ0n) is 17.7. The van der Waals surface area contributed by atoms with Crippen LogP contribution >= 0.6 is 23.5 Å². The monoisotopic (exact) mass is 458 g/mol. The molecule has 0 radical (unpaired) electrons. The van der Waals surface area contributed by atoms with Crippen molar-refractivity contribution in [3.63, 3.8) is 0 Å². The van der Waals surface area contributed by atoms with Crippen molar-refractivity contribution in [3.8, 4) is 0 Å². The minimum atomic E-state index is -0.437. The molecule has 4 rings (SSSR count). The predicted molar refractivity (Wildman–Crippen MR) is 124 cm³/mol. The first kappa shape index (κ1) is 22.1. The molecule has 1 aliphatic heterocycles. The number of ether oxygens (including phenoxy) is 2. The molecule has 1 aromatic carbocycles. The van der Waals surface area contributed by atoms with Gasteiger partial charge in [-0.05, 0) is 30.7 Å². The van der Waals surface area contributed by atoms with Crippen molar-refractivity contribution < 1.29 is 14.3 Å². The molecule has 0 atom stereocenters. The summed E-state index contributed by atoms with van der Waals surface area (Å²) in [6.07, 6.45) is 1.43. The lowest BCUT2D eigenvalue weighted by molar-refractivity contribution is 0.0410. The Labute approximate surface area is 190 Å². The third kappa shape index (κ3) is 5.23. The number of para-hydroxylation sites is 2. The summed E-state index contributed by atoms with van der Waals surface area (Å²) in [5.74, 6) is 1.67. The van der Waals surface area contributed by atoms with Crippen LogP contribution in [0.15, 0.2) is 46.6 Å². The van der Waals surface area contributed by atoms with E-state index in [1.165, 1.54) is 33.9 Å². The molecule has 0 N–H and O–H groups in total. The fourth-order valence-corrected chi connectivity index (χ4v) is 5.55. The van der Waals surface area contributed by atoms with E-state index in [4.69, 9.17) is 9.47 Å². The van der Waals surface area contributed by atoms with Crippen molar-refractivity contribution in [2.75, 3.05) is 45.7 Å². The van der Waals surface area contributed by atoms with E-state index in [1.54, 1.807) is 0 Å². The summed E-state index contributed by atoms with van der Waals surface area (Å²) in [5, 5.41) is 0.611. The molecule has 0 unspecified atom stereocenters. The average Bonchev–Trinajstić information content (AvgIpc) is 3.18. The molecule has 9 heteroatoms. The van der Waals surface area contributed by atoms with E-state index in [-0.39, 0.29) is 0 Å². The number of carbonyl (C=O) groups is 1. The van der Waals surface area contributed by atoms with Gasteiger partial charge >= 0.3 is 6.09 Å². The number of fused-ring (bicyclic) bond motifs is 1. The molecule has 0 bridgehead atoms. The van der Waals surface area contributed by atoms with Gasteiger partial charge in [0.1, 0.15) is 0 Å². The van der Waals surface area contributed by atoms with Gasteiger partial charge < -0.3 is 9.47 Å². The average molecular weight is 459 g/mol. The van der Waals surface area contributed by atoms with Crippen molar-refractivity contribution in [1.29, 1.82) is 0 Å². The van der Waals surface area contributed by atoms with Crippen molar-refractivity contribution in [2.24, 2.45) is 0 Å². The fraction of sp³-hybridized carbons (Fsp3) is 0.409. The summed E-state index contributed by atoms with van der Waals surface area (Å²) in [4.78, 5) is 25.3. The van der Waals surface area contributed by atoms with Crippen LogP contribution in [-0.4, -0.2) is 71.2 Å². The lowest BCUT2D eigenvalue weighted by Gasteiger charge is -2.26. The van der Waals surface area contributed by atoms with Crippen LogP contribution in [0.5, 0.6) is 0 Å². The van der Waals surface area contributed by atoms with Gasteiger partial charge in [0.15, 0.2) is 5.16 Å². The first-order valence-corrected chi connectivity index (χ1v) is 12.2. The number of benzene rings is 1. The predicted octanol–water partition coefficient (Wildman–Crippen LogP) is 4.07. The van der Waals surface area contributed by atoms with Crippen molar-refractivity contribution in [1.82, 2.24) is 19.4 Å². The summed E-state index contributed by atoms with van der Waals surface area (Å²) >= 11 is 3.36. The molecule has 0 saturated carbocycles. The number of pyridine rings is 1. The highest BCUT2D eigenvalue weighted by Gasteiger charge is 2.18. The van der Waals surface area contributed by atoms with Gasteiger partial charge in [0.2, 0.25) is 0 Å². The fourth-order valence-electron chi connectivity index (χ4n) is 3.47. The molecule has 1 fully saturated rings. The van der Waals surface area contributed by atoms with Gasteiger partial charge in [0, 0.05) is 42.2 Å². The highest BCUT2D eigenvalue weighted by molar-refractivity contribution is 7.99. The molecule has 1 saturated heterocycles. The van der Waals surface area contributed by atoms with Gasteiger partial charge in [-0.1, -0.05) is 23.9 Å². The van der Waals surface area contributed by atoms with Crippen LogP contribution in [0.4, 0.5) is 4.79 Å². The Bertz CT molecular complexity index is 1050. The third-order valence-corrected chi connectivity index (χ3v) is 7.34. The number of hydrogen-bond donors (Lipinski definition) is 0. The minimum absolute atomic E-state index is 0.437. The van der Waals surface area contributed by atoms with Crippen LogP contribution < -0.4 is 0 Å². The van der Waals surface area contributed by atoms with Crippen LogP contribution in [0.3, 0.4) is 0 Å². The first-order chi connectivity index (χ1) is 15.2. The lowest BCUT2D eigenvalue weighted by Crippen LogP contribution is -2.37. The maximum atomic E-state index is 12.3. The summed E-state index contributed by atoms with van der Waals surface area (Å²) in [6.45, 7) is 6.86. The van der Waals surface area contributed by atoms with Crippen LogP contribution in [0.2, 0.25) is 0 Å². The molecular weight excluding hydrogens is 432 g/mol. The molecule has 3 heterocycles. The van der Waals surface area contributed by atoms with Crippen LogP contribution in [0.1, 0.15) is 11.3 Å². The molecule has 3 aromatic rings. The highest BCUT2D eigenvalue weighted by Crippen LogP contribution is 2.30. The van der Waals surface area contributed by atoms with Gasteiger partial charge in [-0.3, -0.25) is 9.88 Å². The lowest BCUT2D eigenvalue weighted by atomic mass is 10.2. The van der Waals surface area contributed by atoms with Gasteiger partial charge in [-0.25, -0.2) is 14.3 Å². The van der Waals surface area contributed by atoms with Gasteiger partial charge in [-0.2, -0.15) is 0 Å². The van der Waals surface area contributed by atoms with Crippen molar-refractivity contribution in [3.05, 3.63) is 47.8 Å². The maximum Gasteiger partial charge on any atom is 0.420 e. The molecule has 31 heavy (non-hydrogen) atoms.